The van der Waals surface area contributed by atoms with Crippen LogP contribution in [-0.4, -0.2) is 21.4 Å². The first kappa shape index (κ1) is 12.2. The van der Waals surface area contributed by atoms with E-state index in [1.54, 1.807) is 0 Å². The zero-order chi connectivity index (χ0) is 13.0. The Morgan fingerprint density at radius 3 is 3.06 bits per heavy atom. The predicted octanol–water partition coefficient (Wildman–Crippen LogP) is 1.40. The molecule has 0 aliphatic rings. The summed E-state index contributed by atoms with van der Waals surface area (Å²) < 4.78 is 13.4. The molecule has 0 amide bonds. The zero-order valence-corrected chi connectivity index (χ0v) is 9.65. The normalized spacial score (nSPS) is 10.8. The molecule has 18 heavy (non-hydrogen) atoms. The molecule has 8 heteroatoms. The van der Waals surface area contributed by atoms with Gasteiger partial charge in [0.2, 0.25) is 5.95 Å². The molecule has 0 unspecified atom stereocenters. The van der Waals surface area contributed by atoms with Crippen molar-refractivity contribution in [2.75, 3.05) is 5.43 Å². The monoisotopic (exact) mass is 267 g/mol. The number of hydrogen-bond donors (Lipinski definition) is 2. The molecule has 2 N–H and O–H groups in total. The van der Waals surface area contributed by atoms with Crippen molar-refractivity contribution in [2.45, 2.75) is 0 Å². The Bertz CT molecular complexity index is 622. The zero-order valence-electron chi connectivity index (χ0n) is 8.89. The first-order chi connectivity index (χ1) is 8.66. The predicted molar refractivity (Wildman–Crippen MR) is 65.3 cm³/mol. The SMILES string of the molecule is O=c1cnnc(N/N=C/c2c(F)cccc2Cl)[nH]1. The number of rotatable bonds is 3. The number of hydrazone groups is 1. The standard InChI is InChI=1S/C10H7ClFN5O/c11-7-2-1-3-8(12)6(7)4-13-16-10-15-9(18)5-14-17-10/h1-5H,(H2,15,16,17,18)/b13-4+. The largest absolute Gasteiger partial charge is 0.289 e. The van der Waals surface area contributed by atoms with E-state index in [1.165, 1.54) is 24.4 Å². The minimum atomic E-state index is -0.499. The molecular formula is C10H7ClFN5O. The lowest BCUT2D eigenvalue weighted by Gasteiger charge is -1.99. The molecule has 0 saturated carbocycles. The van der Waals surface area contributed by atoms with Gasteiger partial charge >= 0.3 is 0 Å². The fourth-order valence-corrected chi connectivity index (χ4v) is 1.37. The van der Waals surface area contributed by atoms with Crippen LogP contribution in [0.25, 0.3) is 0 Å². The number of H-pyrrole nitrogens is 1. The van der Waals surface area contributed by atoms with Gasteiger partial charge in [-0.05, 0) is 12.1 Å². The number of halogens is 2. The van der Waals surface area contributed by atoms with E-state index in [1.807, 2.05) is 0 Å². The van der Waals surface area contributed by atoms with Crippen molar-refractivity contribution < 1.29 is 4.39 Å². The van der Waals surface area contributed by atoms with E-state index in [2.05, 4.69) is 25.7 Å². The molecule has 0 bridgehead atoms. The van der Waals surface area contributed by atoms with Crippen molar-refractivity contribution >= 4 is 23.8 Å². The summed E-state index contributed by atoms with van der Waals surface area (Å²) in [6, 6.07) is 4.29. The van der Waals surface area contributed by atoms with Gasteiger partial charge in [-0.15, -0.1) is 10.2 Å². The van der Waals surface area contributed by atoms with Gasteiger partial charge in [0.1, 0.15) is 12.0 Å². The van der Waals surface area contributed by atoms with Crippen molar-refractivity contribution in [3.8, 4) is 0 Å². The first-order valence-corrected chi connectivity index (χ1v) is 5.20. The number of nitrogens with one attached hydrogen (secondary N) is 2. The summed E-state index contributed by atoms with van der Waals surface area (Å²) in [7, 11) is 0. The Kier molecular flexibility index (Phi) is 3.63. The molecule has 0 spiro atoms. The molecule has 0 saturated heterocycles. The molecule has 6 nitrogen and oxygen atoms in total. The van der Waals surface area contributed by atoms with Crippen LogP contribution in [-0.2, 0) is 0 Å². The van der Waals surface area contributed by atoms with Crippen LogP contribution in [0.1, 0.15) is 5.56 Å². The van der Waals surface area contributed by atoms with Crippen LogP contribution in [0.3, 0.4) is 0 Å². The minimum absolute atomic E-state index is 0.0474. The second-order valence-electron chi connectivity index (χ2n) is 3.19. The Morgan fingerprint density at radius 2 is 2.33 bits per heavy atom. The van der Waals surface area contributed by atoms with Crippen LogP contribution in [0.4, 0.5) is 10.3 Å². The lowest BCUT2D eigenvalue weighted by Crippen LogP contribution is -2.10. The minimum Gasteiger partial charge on any atom is -0.289 e. The number of aromatic amines is 1. The Morgan fingerprint density at radius 1 is 1.50 bits per heavy atom. The quantitative estimate of drug-likeness (QED) is 0.650. The highest BCUT2D eigenvalue weighted by Crippen LogP contribution is 2.16. The van der Waals surface area contributed by atoms with E-state index < -0.39 is 11.4 Å². The van der Waals surface area contributed by atoms with Gasteiger partial charge in [0.05, 0.1) is 11.2 Å². The molecule has 1 heterocycles. The average Bonchev–Trinajstić information content (AvgIpc) is 2.33. The fraction of sp³-hybridized carbons (Fsp3) is 0. The fourth-order valence-electron chi connectivity index (χ4n) is 1.16. The third-order valence-corrected chi connectivity index (χ3v) is 2.27. The van der Waals surface area contributed by atoms with Gasteiger partial charge in [-0.2, -0.15) is 5.10 Å². The maximum absolute atomic E-state index is 13.4. The molecule has 92 valence electrons. The summed E-state index contributed by atoms with van der Waals surface area (Å²) in [4.78, 5) is 13.2. The number of hydrogen-bond acceptors (Lipinski definition) is 5. The summed E-state index contributed by atoms with van der Waals surface area (Å²) in [6.07, 6.45) is 2.20. The van der Waals surface area contributed by atoms with E-state index in [0.717, 1.165) is 6.20 Å². The molecule has 0 aliphatic carbocycles. The second kappa shape index (κ2) is 5.37. The van der Waals surface area contributed by atoms with Crippen LogP contribution in [0, 0.1) is 5.82 Å². The molecule has 1 aromatic heterocycles. The average molecular weight is 268 g/mol. The lowest BCUT2D eigenvalue weighted by atomic mass is 10.2. The summed E-state index contributed by atoms with van der Waals surface area (Å²) in [6.45, 7) is 0. The summed E-state index contributed by atoms with van der Waals surface area (Å²) in [5.74, 6) is -0.452. The van der Waals surface area contributed by atoms with Crippen LogP contribution in [0.2, 0.25) is 5.02 Å². The maximum atomic E-state index is 13.4. The number of nitrogens with zero attached hydrogens (tertiary/aromatic N) is 3. The van der Waals surface area contributed by atoms with E-state index in [0.29, 0.717) is 0 Å². The van der Waals surface area contributed by atoms with Gasteiger partial charge in [-0.3, -0.25) is 9.78 Å². The second-order valence-corrected chi connectivity index (χ2v) is 3.59. The Labute approximate surface area is 106 Å². The smallest absolute Gasteiger partial charge is 0.271 e. The Hall–Kier alpha value is -2.28. The van der Waals surface area contributed by atoms with Crippen molar-refractivity contribution in [1.29, 1.82) is 0 Å². The molecule has 2 rings (SSSR count). The van der Waals surface area contributed by atoms with Gasteiger partial charge in [0, 0.05) is 5.56 Å². The highest BCUT2D eigenvalue weighted by molar-refractivity contribution is 6.33. The summed E-state index contributed by atoms with van der Waals surface area (Å²) >= 11 is 5.79. The number of anilines is 1. The van der Waals surface area contributed by atoms with Crippen LogP contribution < -0.4 is 11.0 Å². The van der Waals surface area contributed by atoms with Crippen molar-refractivity contribution in [3.63, 3.8) is 0 Å². The van der Waals surface area contributed by atoms with E-state index in [9.17, 15) is 9.18 Å². The van der Waals surface area contributed by atoms with Crippen LogP contribution in [0.5, 0.6) is 0 Å². The molecule has 0 fully saturated rings. The summed E-state index contributed by atoms with van der Waals surface area (Å²) in [5.41, 5.74) is 2.12. The first-order valence-electron chi connectivity index (χ1n) is 4.82. The van der Waals surface area contributed by atoms with Gasteiger partial charge in [0.15, 0.2) is 0 Å². The van der Waals surface area contributed by atoms with Crippen molar-refractivity contribution in [3.05, 3.63) is 51.2 Å². The van der Waals surface area contributed by atoms with Crippen molar-refractivity contribution in [1.82, 2.24) is 15.2 Å². The van der Waals surface area contributed by atoms with Crippen molar-refractivity contribution in [2.24, 2.45) is 5.10 Å². The summed E-state index contributed by atoms with van der Waals surface area (Å²) in [5, 5.41) is 10.9. The molecule has 0 atom stereocenters. The van der Waals surface area contributed by atoms with E-state index >= 15 is 0 Å². The highest BCUT2D eigenvalue weighted by Gasteiger charge is 2.03. The van der Waals surface area contributed by atoms with Crippen LogP contribution in [0.15, 0.2) is 34.3 Å². The van der Waals surface area contributed by atoms with E-state index in [4.69, 9.17) is 11.6 Å². The number of aromatic nitrogens is 3. The lowest BCUT2D eigenvalue weighted by molar-refractivity contribution is 0.626. The Balaban J connectivity index is 2.15. The topological polar surface area (TPSA) is 83.0 Å². The maximum Gasteiger partial charge on any atom is 0.271 e. The van der Waals surface area contributed by atoms with Gasteiger partial charge in [0.25, 0.3) is 5.56 Å². The molecular weight excluding hydrogens is 261 g/mol. The molecule has 1 aromatic carbocycles. The third-order valence-electron chi connectivity index (χ3n) is 1.94. The van der Waals surface area contributed by atoms with Gasteiger partial charge in [-0.1, -0.05) is 17.7 Å². The van der Waals surface area contributed by atoms with Gasteiger partial charge < -0.3 is 0 Å². The molecule has 2 aromatic rings. The van der Waals surface area contributed by atoms with Crippen LogP contribution >= 0.6 is 11.6 Å². The highest BCUT2D eigenvalue weighted by atomic mass is 35.5. The number of benzene rings is 1. The van der Waals surface area contributed by atoms with Gasteiger partial charge in [-0.25, -0.2) is 9.82 Å². The van der Waals surface area contributed by atoms with E-state index in [-0.39, 0.29) is 16.5 Å². The molecule has 0 radical (unpaired) electrons. The third kappa shape index (κ3) is 2.89. The molecule has 0 aliphatic heterocycles.